The van der Waals surface area contributed by atoms with Crippen molar-refractivity contribution in [3.8, 4) is 0 Å². The summed E-state index contributed by atoms with van der Waals surface area (Å²) in [5.41, 5.74) is -3.96. The van der Waals surface area contributed by atoms with Crippen molar-refractivity contribution in [2.45, 2.75) is 26.6 Å². The predicted molar refractivity (Wildman–Crippen MR) is 100 cm³/mol. The van der Waals surface area contributed by atoms with Crippen molar-refractivity contribution in [1.29, 1.82) is 0 Å². The van der Waals surface area contributed by atoms with Crippen LogP contribution in [0.4, 0.5) is 24.5 Å². The number of sulfone groups is 1. The lowest BCUT2D eigenvalue weighted by Gasteiger charge is -2.33. The molecule has 0 radical (unpaired) electrons. The van der Waals surface area contributed by atoms with Crippen molar-refractivity contribution in [3.63, 3.8) is 0 Å². The van der Waals surface area contributed by atoms with Crippen LogP contribution in [0.25, 0.3) is 0 Å². The Morgan fingerprint density at radius 1 is 1.04 bits per heavy atom. The fourth-order valence-corrected chi connectivity index (χ4v) is 4.75. The van der Waals surface area contributed by atoms with E-state index in [4.69, 9.17) is 0 Å². The second-order valence-corrected chi connectivity index (χ2v) is 9.48. The van der Waals surface area contributed by atoms with Gasteiger partial charge in [-0.3, -0.25) is 0 Å². The maximum Gasteiger partial charge on any atom is 0.501 e. The molecule has 0 aromatic heterocycles. The lowest BCUT2D eigenvalue weighted by molar-refractivity contribution is -0.0436. The van der Waals surface area contributed by atoms with Gasteiger partial charge in [-0.2, -0.15) is 13.2 Å². The Labute approximate surface area is 160 Å². The monoisotopic (exact) mass is 416 g/mol. The molecule has 0 saturated heterocycles. The Kier molecular flexibility index (Phi) is 5.47. The van der Waals surface area contributed by atoms with E-state index in [2.05, 4.69) is 0 Å². The third-order valence-electron chi connectivity index (χ3n) is 4.20. The smallest absolute Gasteiger partial charge is 0.340 e. The van der Waals surface area contributed by atoms with Gasteiger partial charge in [-0.1, -0.05) is 23.9 Å². The minimum Gasteiger partial charge on any atom is -0.340 e. The molecule has 2 aromatic rings. The topological polar surface area (TPSA) is 40.6 Å². The fraction of sp³-hybridized carbons (Fsp3) is 0.333. The lowest BCUT2D eigenvalue weighted by atomic mass is 10.2. The number of benzene rings is 2. The van der Waals surface area contributed by atoms with E-state index < -0.39 is 20.2 Å². The molecule has 0 fully saturated rings. The molecule has 146 valence electrons. The summed E-state index contributed by atoms with van der Waals surface area (Å²) in [6.45, 7) is 1.37. The average molecular weight is 416 g/mol. The average Bonchev–Trinajstić information content (AvgIpc) is 2.59. The van der Waals surface area contributed by atoms with Crippen LogP contribution in [-0.4, -0.2) is 46.0 Å². The highest BCUT2D eigenvalue weighted by Gasteiger charge is 2.47. The lowest BCUT2D eigenvalue weighted by Crippen LogP contribution is -2.27. The summed E-state index contributed by atoms with van der Waals surface area (Å²) in [6, 6.07) is 11.2. The quantitative estimate of drug-likeness (QED) is 0.716. The number of para-hydroxylation sites is 1. The molecule has 0 amide bonds. The van der Waals surface area contributed by atoms with Crippen LogP contribution in [0, 0.1) is 0 Å². The molecule has 0 atom stereocenters. The number of nitrogens with zero attached hydrogens (tertiary/aromatic N) is 2. The standard InChI is InChI=1S/C18H19F3N2O2S2/c1-22(2)10-5-11-23-14-6-3-4-7-16(14)26-17-9-8-13(12-15(17)23)27(24,25)18(19,20)21/h3-4,6-9,12H,5,10-11H2,1-2H3. The van der Waals surface area contributed by atoms with Gasteiger partial charge in [0.25, 0.3) is 9.84 Å². The van der Waals surface area contributed by atoms with E-state index in [9.17, 15) is 21.6 Å². The Hall–Kier alpha value is -1.71. The first-order chi connectivity index (χ1) is 12.6. The maximum atomic E-state index is 13.0. The summed E-state index contributed by atoms with van der Waals surface area (Å²) < 4.78 is 62.6. The third-order valence-corrected chi connectivity index (χ3v) is 6.81. The summed E-state index contributed by atoms with van der Waals surface area (Å²) in [4.78, 5) is 4.92. The Bertz CT molecular complexity index is 944. The van der Waals surface area contributed by atoms with Crippen LogP contribution in [0.1, 0.15) is 6.42 Å². The molecule has 4 nitrogen and oxygen atoms in total. The zero-order valence-corrected chi connectivity index (χ0v) is 16.5. The van der Waals surface area contributed by atoms with Gasteiger partial charge < -0.3 is 9.80 Å². The molecular weight excluding hydrogens is 397 g/mol. The van der Waals surface area contributed by atoms with E-state index in [0.717, 1.165) is 40.6 Å². The molecular formula is C18H19F3N2O2S2. The molecule has 0 spiro atoms. The van der Waals surface area contributed by atoms with Gasteiger partial charge in [0.1, 0.15) is 0 Å². The van der Waals surface area contributed by atoms with Gasteiger partial charge in [0.15, 0.2) is 0 Å². The predicted octanol–water partition coefficient (Wildman–Crippen LogP) is 4.53. The molecule has 0 N–H and O–H groups in total. The number of hydrogen-bond acceptors (Lipinski definition) is 5. The highest BCUT2D eigenvalue weighted by atomic mass is 32.2. The van der Waals surface area contributed by atoms with E-state index >= 15 is 0 Å². The zero-order valence-electron chi connectivity index (χ0n) is 14.8. The first-order valence-electron chi connectivity index (χ1n) is 8.26. The summed E-state index contributed by atoms with van der Waals surface area (Å²) in [7, 11) is -1.50. The molecule has 27 heavy (non-hydrogen) atoms. The van der Waals surface area contributed by atoms with Crippen LogP contribution in [0.3, 0.4) is 0 Å². The highest BCUT2D eigenvalue weighted by Crippen LogP contribution is 2.49. The fourth-order valence-electron chi connectivity index (χ4n) is 2.90. The van der Waals surface area contributed by atoms with Gasteiger partial charge >= 0.3 is 5.51 Å². The van der Waals surface area contributed by atoms with Crippen molar-refractivity contribution in [2.24, 2.45) is 0 Å². The number of hydrogen-bond donors (Lipinski definition) is 0. The van der Waals surface area contributed by atoms with Crippen molar-refractivity contribution in [1.82, 2.24) is 4.90 Å². The Morgan fingerprint density at radius 3 is 2.37 bits per heavy atom. The molecule has 1 heterocycles. The second kappa shape index (κ2) is 7.37. The minimum absolute atomic E-state index is 0.489. The van der Waals surface area contributed by atoms with E-state index in [1.807, 2.05) is 48.2 Å². The molecule has 9 heteroatoms. The maximum absolute atomic E-state index is 13.0. The summed E-state index contributed by atoms with van der Waals surface area (Å²) in [5, 5.41) is 0. The van der Waals surface area contributed by atoms with E-state index in [1.54, 1.807) is 0 Å². The Morgan fingerprint density at radius 2 is 1.70 bits per heavy atom. The van der Waals surface area contributed by atoms with Gasteiger partial charge in [-0.05, 0) is 57.4 Å². The molecule has 0 unspecified atom stereocenters. The molecule has 2 aromatic carbocycles. The van der Waals surface area contributed by atoms with Crippen molar-refractivity contribution in [2.75, 3.05) is 32.1 Å². The summed E-state index contributed by atoms with van der Waals surface area (Å²) in [6.07, 6.45) is 0.779. The molecule has 0 aliphatic carbocycles. The van der Waals surface area contributed by atoms with E-state index in [-0.39, 0.29) is 0 Å². The van der Waals surface area contributed by atoms with Gasteiger partial charge in [0.2, 0.25) is 0 Å². The van der Waals surface area contributed by atoms with Crippen LogP contribution >= 0.6 is 11.8 Å². The van der Waals surface area contributed by atoms with Crippen LogP contribution < -0.4 is 4.90 Å². The van der Waals surface area contributed by atoms with Gasteiger partial charge in [-0.15, -0.1) is 0 Å². The second-order valence-electron chi connectivity index (χ2n) is 6.46. The third kappa shape index (κ3) is 3.95. The number of rotatable bonds is 5. The van der Waals surface area contributed by atoms with Crippen molar-refractivity contribution < 1.29 is 21.6 Å². The zero-order chi connectivity index (χ0) is 19.8. The van der Waals surface area contributed by atoms with Crippen LogP contribution in [0.2, 0.25) is 0 Å². The van der Waals surface area contributed by atoms with Crippen molar-refractivity contribution >= 4 is 33.0 Å². The normalized spacial score (nSPS) is 14.2. The van der Waals surface area contributed by atoms with E-state index in [0.29, 0.717) is 12.2 Å². The molecule has 1 aliphatic rings. The minimum atomic E-state index is -5.39. The number of fused-ring (bicyclic) bond motifs is 2. The number of anilines is 2. The SMILES string of the molecule is CN(C)CCCN1c2ccccc2Sc2ccc(S(=O)(=O)C(F)(F)F)cc21. The summed E-state index contributed by atoms with van der Waals surface area (Å²) in [5.74, 6) is 0. The number of alkyl halides is 3. The Balaban J connectivity index is 2.05. The van der Waals surface area contributed by atoms with Gasteiger partial charge in [0.05, 0.1) is 16.3 Å². The first-order valence-corrected chi connectivity index (χ1v) is 10.6. The van der Waals surface area contributed by atoms with Gasteiger partial charge in [0, 0.05) is 16.3 Å². The first kappa shape index (κ1) is 20.0. The molecule has 3 rings (SSSR count). The molecule has 0 saturated carbocycles. The van der Waals surface area contributed by atoms with Crippen LogP contribution in [0.5, 0.6) is 0 Å². The highest BCUT2D eigenvalue weighted by molar-refractivity contribution is 7.99. The molecule has 1 aliphatic heterocycles. The largest absolute Gasteiger partial charge is 0.501 e. The summed E-state index contributed by atoms with van der Waals surface area (Å²) >= 11 is 1.42. The van der Waals surface area contributed by atoms with Gasteiger partial charge in [-0.25, -0.2) is 8.42 Å². The molecule has 0 bridgehead atoms. The van der Waals surface area contributed by atoms with Crippen LogP contribution in [-0.2, 0) is 9.84 Å². The van der Waals surface area contributed by atoms with Crippen molar-refractivity contribution in [3.05, 3.63) is 42.5 Å². The van der Waals surface area contributed by atoms with Crippen LogP contribution in [0.15, 0.2) is 57.2 Å². The van der Waals surface area contributed by atoms with E-state index in [1.165, 1.54) is 17.8 Å². The number of halogens is 3.